The van der Waals surface area contributed by atoms with Gasteiger partial charge in [0.25, 0.3) is 5.91 Å². The molecule has 4 nitrogen and oxygen atoms in total. The Labute approximate surface area is 140 Å². The molecule has 23 heavy (non-hydrogen) atoms. The van der Waals surface area contributed by atoms with Crippen molar-refractivity contribution in [2.24, 2.45) is 0 Å². The van der Waals surface area contributed by atoms with Gasteiger partial charge in [-0.1, -0.05) is 48.5 Å². The van der Waals surface area contributed by atoms with Gasteiger partial charge in [0.15, 0.2) is 4.77 Å². The highest BCUT2D eigenvalue weighted by Gasteiger charge is 2.18. The molecule has 1 amide bonds. The predicted octanol–water partition coefficient (Wildman–Crippen LogP) is 3.81. The van der Waals surface area contributed by atoms with E-state index >= 15 is 0 Å². The number of amides is 1. The molecule has 1 aromatic heterocycles. The van der Waals surface area contributed by atoms with E-state index in [4.69, 9.17) is 12.2 Å². The van der Waals surface area contributed by atoms with Crippen molar-refractivity contribution in [2.75, 3.05) is 7.05 Å². The molecule has 3 rings (SSSR count). The molecule has 0 radical (unpaired) electrons. The minimum Gasteiger partial charge on any atom is -0.336 e. The van der Waals surface area contributed by atoms with Crippen LogP contribution in [0.1, 0.15) is 16.1 Å². The molecule has 0 saturated carbocycles. The zero-order valence-corrected chi connectivity index (χ0v) is 13.6. The Bertz CT molecular complexity index is 853. The number of aromatic amines is 1. The fraction of sp³-hybridized carbons (Fsp3) is 0.111. The molecular formula is C18H17N3OS. The number of carbonyl (C=O) groups is 1. The lowest BCUT2D eigenvalue weighted by Crippen LogP contribution is -2.28. The van der Waals surface area contributed by atoms with Gasteiger partial charge in [-0.2, -0.15) is 0 Å². The second-order valence-corrected chi connectivity index (χ2v) is 5.68. The minimum absolute atomic E-state index is 0.0787. The zero-order valence-electron chi connectivity index (χ0n) is 12.8. The molecule has 0 aliphatic heterocycles. The van der Waals surface area contributed by atoms with Crippen molar-refractivity contribution in [1.82, 2.24) is 14.5 Å². The molecule has 0 aliphatic rings. The van der Waals surface area contributed by atoms with E-state index in [1.807, 2.05) is 60.7 Å². The van der Waals surface area contributed by atoms with Crippen molar-refractivity contribution in [1.29, 1.82) is 0 Å². The third kappa shape index (κ3) is 3.24. The Morgan fingerprint density at radius 2 is 1.70 bits per heavy atom. The number of hydrogen-bond donors (Lipinski definition) is 1. The summed E-state index contributed by atoms with van der Waals surface area (Å²) in [4.78, 5) is 17.4. The highest BCUT2D eigenvalue weighted by atomic mass is 32.1. The third-order valence-electron chi connectivity index (χ3n) is 3.62. The molecule has 3 aromatic rings. The van der Waals surface area contributed by atoms with Gasteiger partial charge in [-0.05, 0) is 29.9 Å². The summed E-state index contributed by atoms with van der Waals surface area (Å²) in [5, 5.41) is 0. The molecule has 1 heterocycles. The van der Waals surface area contributed by atoms with E-state index in [1.54, 1.807) is 22.7 Å². The van der Waals surface area contributed by atoms with Crippen molar-refractivity contribution in [3.05, 3.63) is 82.9 Å². The summed E-state index contributed by atoms with van der Waals surface area (Å²) in [5.41, 5.74) is 2.48. The van der Waals surface area contributed by atoms with Crippen molar-refractivity contribution in [2.45, 2.75) is 6.54 Å². The summed E-state index contributed by atoms with van der Waals surface area (Å²) in [7, 11) is 1.79. The van der Waals surface area contributed by atoms with Gasteiger partial charge in [-0.25, -0.2) is 0 Å². The van der Waals surface area contributed by atoms with Crippen LogP contribution in [0.15, 0.2) is 66.9 Å². The monoisotopic (exact) mass is 323 g/mol. The van der Waals surface area contributed by atoms with Crippen molar-refractivity contribution < 1.29 is 4.79 Å². The number of para-hydroxylation sites is 1. The van der Waals surface area contributed by atoms with Crippen LogP contribution in [0.25, 0.3) is 5.69 Å². The Morgan fingerprint density at radius 3 is 2.35 bits per heavy atom. The number of hydrogen-bond acceptors (Lipinski definition) is 2. The molecule has 2 aromatic carbocycles. The van der Waals surface area contributed by atoms with Gasteiger partial charge in [0.1, 0.15) is 5.69 Å². The van der Waals surface area contributed by atoms with Crippen molar-refractivity contribution >= 4 is 18.1 Å². The van der Waals surface area contributed by atoms with E-state index in [0.29, 0.717) is 17.0 Å². The molecule has 5 heteroatoms. The van der Waals surface area contributed by atoms with Gasteiger partial charge in [0.2, 0.25) is 0 Å². The summed E-state index contributed by atoms with van der Waals surface area (Å²) >= 11 is 5.33. The highest BCUT2D eigenvalue weighted by molar-refractivity contribution is 7.71. The fourth-order valence-corrected chi connectivity index (χ4v) is 2.75. The smallest absolute Gasteiger partial charge is 0.272 e. The topological polar surface area (TPSA) is 41.0 Å². The van der Waals surface area contributed by atoms with E-state index in [9.17, 15) is 4.79 Å². The van der Waals surface area contributed by atoms with Crippen LogP contribution in [0.3, 0.4) is 0 Å². The SMILES string of the molecule is CN(Cc1ccccc1)C(=O)c1c[nH]c(=S)n1-c1ccccc1. The summed E-state index contributed by atoms with van der Waals surface area (Å²) < 4.78 is 2.27. The number of carbonyl (C=O) groups excluding carboxylic acids is 1. The van der Waals surface area contributed by atoms with Crippen LogP contribution in [-0.4, -0.2) is 27.4 Å². The number of nitrogens with zero attached hydrogens (tertiary/aromatic N) is 2. The third-order valence-corrected chi connectivity index (χ3v) is 3.92. The first kappa shape index (κ1) is 15.2. The van der Waals surface area contributed by atoms with Crippen LogP contribution in [0.5, 0.6) is 0 Å². The summed E-state index contributed by atoms with van der Waals surface area (Å²) in [6.45, 7) is 0.548. The molecule has 116 valence electrons. The normalized spacial score (nSPS) is 10.5. The van der Waals surface area contributed by atoms with Crippen LogP contribution in [0.2, 0.25) is 0 Å². The maximum absolute atomic E-state index is 12.8. The van der Waals surface area contributed by atoms with E-state index in [-0.39, 0.29) is 5.91 Å². The van der Waals surface area contributed by atoms with Gasteiger partial charge in [0.05, 0.1) is 0 Å². The van der Waals surface area contributed by atoms with Gasteiger partial charge >= 0.3 is 0 Å². The molecular weight excluding hydrogens is 306 g/mol. The second-order valence-electron chi connectivity index (χ2n) is 5.30. The average molecular weight is 323 g/mol. The van der Waals surface area contributed by atoms with Crippen LogP contribution in [0, 0.1) is 4.77 Å². The number of rotatable bonds is 4. The number of nitrogens with one attached hydrogen (secondary N) is 1. The van der Waals surface area contributed by atoms with E-state index < -0.39 is 0 Å². The van der Waals surface area contributed by atoms with Crippen LogP contribution >= 0.6 is 12.2 Å². The van der Waals surface area contributed by atoms with Crippen LogP contribution < -0.4 is 0 Å². The summed E-state index contributed by atoms with van der Waals surface area (Å²) in [6.07, 6.45) is 1.67. The molecule has 0 saturated heterocycles. The summed E-state index contributed by atoms with van der Waals surface area (Å²) in [6, 6.07) is 19.5. The molecule has 0 fully saturated rings. The largest absolute Gasteiger partial charge is 0.336 e. The second kappa shape index (κ2) is 6.62. The first-order valence-corrected chi connectivity index (χ1v) is 7.73. The number of aromatic nitrogens is 2. The lowest BCUT2D eigenvalue weighted by molar-refractivity contribution is 0.0777. The Hall–Kier alpha value is -2.66. The maximum atomic E-state index is 12.8. The molecule has 0 aliphatic carbocycles. The van der Waals surface area contributed by atoms with E-state index in [0.717, 1.165) is 11.3 Å². The maximum Gasteiger partial charge on any atom is 0.272 e. The lowest BCUT2D eigenvalue weighted by Gasteiger charge is -2.18. The standard InChI is InChI=1S/C18H17N3OS/c1-20(13-14-8-4-2-5-9-14)17(22)16-12-19-18(23)21(16)15-10-6-3-7-11-15/h2-12H,13H2,1H3,(H,19,23). The Morgan fingerprint density at radius 1 is 1.09 bits per heavy atom. The number of imidazole rings is 1. The molecule has 0 unspecified atom stereocenters. The zero-order chi connectivity index (χ0) is 16.2. The molecule has 0 spiro atoms. The van der Waals surface area contributed by atoms with Crippen LogP contribution in [-0.2, 0) is 6.54 Å². The van der Waals surface area contributed by atoms with Gasteiger partial charge in [0, 0.05) is 25.5 Å². The fourth-order valence-electron chi connectivity index (χ4n) is 2.48. The van der Waals surface area contributed by atoms with Gasteiger partial charge < -0.3 is 9.88 Å². The van der Waals surface area contributed by atoms with E-state index in [2.05, 4.69) is 4.98 Å². The van der Waals surface area contributed by atoms with Crippen LogP contribution in [0.4, 0.5) is 0 Å². The Kier molecular flexibility index (Phi) is 4.39. The van der Waals surface area contributed by atoms with Crippen molar-refractivity contribution in [3.63, 3.8) is 0 Å². The highest BCUT2D eigenvalue weighted by Crippen LogP contribution is 2.15. The predicted molar refractivity (Wildman–Crippen MR) is 93.2 cm³/mol. The average Bonchev–Trinajstić information content (AvgIpc) is 2.97. The van der Waals surface area contributed by atoms with Crippen molar-refractivity contribution in [3.8, 4) is 5.69 Å². The van der Waals surface area contributed by atoms with Gasteiger partial charge in [-0.3, -0.25) is 9.36 Å². The number of benzene rings is 2. The number of H-pyrrole nitrogens is 1. The Balaban J connectivity index is 1.90. The first-order valence-electron chi connectivity index (χ1n) is 7.32. The quantitative estimate of drug-likeness (QED) is 0.742. The van der Waals surface area contributed by atoms with Gasteiger partial charge in [-0.15, -0.1) is 0 Å². The minimum atomic E-state index is -0.0787. The lowest BCUT2D eigenvalue weighted by atomic mass is 10.2. The molecule has 1 N–H and O–H groups in total. The first-order chi connectivity index (χ1) is 11.2. The molecule has 0 bridgehead atoms. The molecule has 0 atom stereocenters. The van der Waals surface area contributed by atoms with E-state index in [1.165, 1.54) is 0 Å². The summed E-state index contributed by atoms with van der Waals surface area (Å²) in [5.74, 6) is -0.0787.